The molecule has 1 fully saturated rings. The maximum atomic E-state index is 13.7. The number of carbonyl (C=O) groups is 2. The molecule has 1 aliphatic rings. The number of likely N-dealkylation sites (tertiary alicyclic amines) is 1. The minimum Gasteiger partial charge on any atom is -0.495 e. The second kappa shape index (κ2) is 15.5. The zero-order chi connectivity index (χ0) is 34.3. The van der Waals surface area contributed by atoms with Gasteiger partial charge in [0.1, 0.15) is 18.9 Å². The van der Waals surface area contributed by atoms with Gasteiger partial charge in [0, 0.05) is 29.2 Å². The minimum absolute atomic E-state index is 0.0511. The van der Waals surface area contributed by atoms with E-state index in [1.165, 1.54) is 11.7 Å². The molecule has 2 heterocycles. The number of rotatable bonds is 11. The Bertz CT molecular complexity index is 1620. The molecule has 0 saturated carbocycles. The molecule has 1 aliphatic heterocycles. The minimum atomic E-state index is -4.43. The molecular formula is C35H44F3N5O4. The van der Waals surface area contributed by atoms with E-state index < -0.39 is 18.8 Å². The van der Waals surface area contributed by atoms with E-state index in [-0.39, 0.29) is 42.7 Å². The van der Waals surface area contributed by atoms with E-state index in [4.69, 9.17) is 9.47 Å². The topological polar surface area (TPSA) is 96.9 Å². The van der Waals surface area contributed by atoms with Crippen LogP contribution in [0.1, 0.15) is 50.2 Å². The van der Waals surface area contributed by atoms with Crippen molar-refractivity contribution in [1.29, 1.82) is 0 Å². The predicted octanol–water partition coefficient (Wildman–Crippen LogP) is 5.75. The van der Waals surface area contributed by atoms with Gasteiger partial charge in [-0.05, 0) is 75.2 Å². The number of nitrogens with one attached hydrogen (secondary N) is 3. The van der Waals surface area contributed by atoms with Crippen LogP contribution in [0.2, 0.25) is 0 Å². The van der Waals surface area contributed by atoms with Crippen LogP contribution in [0, 0.1) is 23.7 Å². The van der Waals surface area contributed by atoms with Crippen LogP contribution in [0.3, 0.4) is 0 Å². The summed E-state index contributed by atoms with van der Waals surface area (Å²) in [5, 5.41) is 10.2. The Hall–Kier alpha value is -4.37. The Morgan fingerprint density at radius 2 is 1.87 bits per heavy atom. The molecule has 0 spiro atoms. The van der Waals surface area contributed by atoms with Gasteiger partial charge in [-0.1, -0.05) is 32.8 Å². The number of alkyl halides is 3. The lowest BCUT2D eigenvalue weighted by atomic mass is 9.94. The van der Waals surface area contributed by atoms with Crippen molar-refractivity contribution in [3.8, 4) is 17.6 Å². The summed E-state index contributed by atoms with van der Waals surface area (Å²) in [5.74, 6) is 5.69. The summed E-state index contributed by atoms with van der Waals surface area (Å²) in [7, 11) is 3.56. The van der Waals surface area contributed by atoms with Gasteiger partial charge in [-0.2, -0.15) is 13.2 Å². The number of hydrogen-bond donors (Lipinski definition) is 3. The van der Waals surface area contributed by atoms with E-state index >= 15 is 0 Å². The number of ether oxygens (including phenoxy) is 2. The van der Waals surface area contributed by atoms with E-state index in [9.17, 15) is 22.8 Å². The lowest BCUT2D eigenvalue weighted by Crippen LogP contribution is -2.43. The van der Waals surface area contributed by atoms with Gasteiger partial charge in [-0.25, -0.2) is 0 Å². The van der Waals surface area contributed by atoms with E-state index in [0.717, 1.165) is 25.2 Å². The van der Waals surface area contributed by atoms with Gasteiger partial charge in [0.25, 0.3) is 5.91 Å². The predicted molar refractivity (Wildman–Crippen MR) is 178 cm³/mol. The molecule has 2 aromatic carbocycles. The number of halogens is 3. The number of amides is 1. The van der Waals surface area contributed by atoms with Crippen LogP contribution >= 0.6 is 0 Å². The van der Waals surface area contributed by atoms with Crippen molar-refractivity contribution in [3.05, 3.63) is 53.7 Å². The van der Waals surface area contributed by atoms with Crippen molar-refractivity contribution in [2.45, 2.75) is 58.9 Å². The van der Waals surface area contributed by atoms with Crippen LogP contribution in [0.15, 0.2) is 42.5 Å². The van der Waals surface area contributed by atoms with Crippen LogP contribution in [0.5, 0.6) is 5.75 Å². The fraction of sp³-hybridized carbons (Fsp3) is 0.486. The van der Waals surface area contributed by atoms with E-state index in [2.05, 4.69) is 46.7 Å². The number of methoxy groups -OCH3 is 1. The zero-order valence-electron chi connectivity index (χ0n) is 27.8. The molecule has 254 valence electrons. The number of esters is 1. The standard InChI is InChI=1S/C35H44F3N5O4/c1-22(2)34(45)47-20-24(4)40-33(44)25-12-13-30(32(17-25)46-6)39-15-8-9-26-18-27-29(41-28-14-16-42(5)19-23(28)3)10-7-11-31(27)43(26)21-35(36,37)38/h7,10-13,17-18,22-24,28,39,41H,14-16,19-21H2,1-6H3,(H,40,44)/t23-,24?,28+/m0/s1. The van der Waals surface area contributed by atoms with E-state index in [1.807, 2.05) is 6.07 Å². The van der Waals surface area contributed by atoms with Crippen LogP contribution < -0.4 is 20.7 Å². The first-order valence-corrected chi connectivity index (χ1v) is 15.8. The summed E-state index contributed by atoms with van der Waals surface area (Å²) in [6.07, 6.45) is -3.48. The second-order valence-corrected chi connectivity index (χ2v) is 12.5. The largest absolute Gasteiger partial charge is 0.495 e. The van der Waals surface area contributed by atoms with E-state index in [1.54, 1.807) is 57.2 Å². The van der Waals surface area contributed by atoms with E-state index in [0.29, 0.717) is 33.8 Å². The van der Waals surface area contributed by atoms with Crippen LogP contribution in [-0.4, -0.2) is 80.0 Å². The Morgan fingerprint density at radius 1 is 1.11 bits per heavy atom. The number of anilines is 2. The van der Waals surface area contributed by atoms with Gasteiger partial charge in [0.05, 0.1) is 42.5 Å². The number of aromatic nitrogens is 1. The molecule has 3 N–H and O–H groups in total. The molecule has 0 radical (unpaired) electrons. The Balaban J connectivity index is 1.48. The van der Waals surface area contributed by atoms with Gasteiger partial charge in [-0.15, -0.1) is 0 Å². The molecule has 47 heavy (non-hydrogen) atoms. The molecule has 1 amide bonds. The van der Waals surface area contributed by atoms with Gasteiger partial charge in [-0.3, -0.25) is 9.59 Å². The fourth-order valence-corrected chi connectivity index (χ4v) is 5.61. The molecule has 4 rings (SSSR count). The van der Waals surface area contributed by atoms with Crippen molar-refractivity contribution in [1.82, 2.24) is 14.8 Å². The quantitative estimate of drug-likeness (QED) is 0.179. The Kier molecular flexibility index (Phi) is 11.7. The summed E-state index contributed by atoms with van der Waals surface area (Å²) in [6, 6.07) is 11.7. The first-order valence-electron chi connectivity index (χ1n) is 15.8. The molecule has 12 heteroatoms. The summed E-state index contributed by atoms with van der Waals surface area (Å²) < 4.78 is 52.9. The SMILES string of the molecule is COc1cc(C(=O)NC(C)COC(=O)C(C)C)ccc1NCC#Cc1cc2c(N[C@@H]3CCN(C)C[C@@H]3C)cccc2n1CC(F)(F)F. The Labute approximate surface area is 274 Å². The molecular weight excluding hydrogens is 611 g/mol. The molecule has 1 unspecified atom stereocenters. The highest BCUT2D eigenvalue weighted by molar-refractivity contribution is 5.96. The fourth-order valence-electron chi connectivity index (χ4n) is 5.61. The number of benzene rings is 2. The third-order valence-corrected chi connectivity index (χ3v) is 8.10. The average Bonchev–Trinajstić information content (AvgIpc) is 3.35. The maximum absolute atomic E-state index is 13.7. The smallest absolute Gasteiger partial charge is 0.406 e. The summed E-state index contributed by atoms with van der Waals surface area (Å²) in [5.41, 5.74) is 2.43. The van der Waals surface area contributed by atoms with Gasteiger partial charge in [0.2, 0.25) is 0 Å². The molecule has 9 nitrogen and oxygen atoms in total. The van der Waals surface area contributed by atoms with Gasteiger partial charge in [0.15, 0.2) is 0 Å². The lowest BCUT2D eigenvalue weighted by Gasteiger charge is -2.36. The summed E-state index contributed by atoms with van der Waals surface area (Å²) >= 11 is 0. The van der Waals surface area contributed by atoms with Crippen LogP contribution in [0.25, 0.3) is 10.9 Å². The molecule has 0 aliphatic carbocycles. The second-order valence-electron chi connectivity index (χ2n) is 12.5. The number of nitrogens with zero attached hydrogens (tertiary/aromatic N) is 2. The summed E-state index contributed by atoms with van der Waals surface area (Å²) in [4.78, 5) is 26.7. The molecule has 3 aromatic rings. The number of hydrogen-bond acceptors (Lipinski definition) is 7. The zero-order valence-corrected chi connectivity index (χ0v) is 27.8. The third kappa shape index (κ3) is 9.58. The van der Waals surface area contributed by atoms with Crippen LogP contribution in [0.4, 0.5) is 24.5 Å². The average molecular weight is 656 g/mol. The number of piperidine rings is 1. The van der Waals surface area contributed by atoms with Crippen molar-refractivity contribution in [2.24, 2.45) is 11.8 Å². The lowest BCUT2D eigenvalue weighted by molar-refractivity contribution is -0.148. The molecule has 1 saturated heterocycles. The molecule has 3 atom stereocenters. The summed E-state index contributed by atoms with van der Waals surface area (Å²) in [6.45, 7) is 8.30. The normalized spacial score (nSPS) is 17.5. The number of fused-ring (bicyclic) bond motifs is 1. The highest BCUT2D eigenvalue weighted by Gasteiger charge is 2.30. The monoisotopic (exact) mass is 655 g/mol. The first-order chi connectivity index (χ1) is 22.3. The first kappa shape index (κ1) is 35.5. The number of carbonyl (C=O) groups excluding carboxylic acids is 2. The Morgan fingerprint density at radius 3 is 2.55 bits per heavy atom. The van der Waals surface area contributed by atoms with Crippen molar-refractivity contribution >= 4 is 34.2 Å². The molecule has 1 aromatic heterocycles. The van der Waals surface area contributed by atoms with Crippen molar-refractivity contribution in [3.63, 3.8) is 0 Å². The van der Waals surface area contributed by atoms with Crippen LogP contribution in [-0.2, 0) is 16.1 Å². The maximum Gasteiger partial charge on any atom is 0.406 e. The van der Waals surface area contributed by atoms with Crippen molar-refractivity contribution in [2.75, 3.05) is 51.0 Å². The molecule has 0 bridgehead atoms. The highest BCUT2D eigenvalue weighted by atomic mass is 19.4. The van der Waals surface area contributed by atoms with Gasteiger partial charge >= 0.3 is 12.1 Å². The third-order valence-electron chi connectivity index (χ3n) is 8.10. The van der Waals surface area contributed by atoms with Gasteiger partial charge < -0.3 is 34.9 Å². The highest BCUT2D eigenvalue weighted by Crippen LogP contribution is 2.32. The van der Waals surface area contributed by atoms with Crippen molar-refractivity contribution < 1.29 is 32.2 Å².